The third kappa shape index (κ3) is 6.13. The molecule has 0 bridgehead atoms. The molecule has 9 heteroatoms. The van der Waals surface area contributed by atoms with Crippen molar-refractivity contribution in [3.63, 3.8) is 0 Å². The number of hydrogen-bond acceptors (Lipinski definition) is 6. The smallest absolute Gasteiger partial charge is 0.253 e. The summed E-state index contributed by atoms with van der Waals surface area (Å²) < 4.78 is 19.7. The highest BCUT2D eigenvalue weighted by Gasteiger charge is 2.22. The van der Waals surface area contributed by atoms with Crippen LogP contribution in [0.1, 0.15) is 33.4 Å². The van der Waals surface area contributed by atoms with E-state index in [4.69, 9.17) is 4.42 Å². The molecule has 1 fully saturated rings. The summed E-state index contributed by atoms with van der Waals surface area (Å²) in [6.45, 7) is 4.06. The first-order valence-electron chi connectivity index (χ1n) is 11.4. The number of halogens is 1. The Bertz CT molecular complexity index is 1200. The standard InChI is InChI=1S/C26H27FN4O4/c1-18(32)19-8-9-24(22(27)15-19)31-12-10-30(11-13-31)17-25(33)29-23-7-3-2-6-21(23)26(34)28-16-20-5-4-14-35-20/h2-9,14-15H,10-13,16-17H2,1H3,(H,28,34)(H,29,33). The van der Waals surface area contributed by atoms with Crippen molar-refractivity contribution in [2.45, 2.75) is 13.5 Å². The Morgan fingerprint density at radius 2 is 1.77 bits per heavy atom. The van der Waals surface area contributed by atoms with Crippen LogP contribution < -0.4 is 15.5 Å². The Kier molecular flexibility index (Phi) is 7.57. The molecule has 1 aliphatic heterocycles. The molecule has 3 aromatic rings. The van der Waals surface area contributed by atoms with Gasteiger partial charge in [-0.2, -0.15) is 0 Å². The van der Waals surface area contributed by atoms with Crippen molar-refractivity contribution in [2.24, 2.45) is 0 Å². The molecule has 0 spiro atoms. The van der Waals surface area contributed by atoms with Crippen molar-refractivity contribution in [2.75, 3.05) is 42.9 Å². The number of Topliss-reactive ketones (excluding diaryl/α,β-unsaturated/α-hetero) is 1. The van der Waals surface area contributed by atoms with E-state index in [1.807, 2.05) is 9.80 Å². The number of anilines is 2. The van der Waals surface area contributed by atoms with Crippen LogP contribution in [0.2, 0.25) is 0 Å². The van der Waals surface area contributed by atoms with Gasteiger partial charge >= 0.3 is 0 Å². The molecule has 182 valence electrons. The van der Waals surface area contributed by atoms with E-state index in [-0.39, 0.29) is 30.7 Å². The number of benzene rings is 2. The van der Waals surface area contributed by atoms with Gasteiger partial charge in [0.15, 0.2) is 5.78 Å². The van der Waals surface area contributed by atoms with Crippen LogP contribution in [0.5, 0.6) is 0 Å². The van der Waals surface area contributed by atoms with Crippen molar-refractivity contribution >= 4 is 29.0 Å². The summed E-state index contributed by atoms with van der Waals surface area (Å²) in [5.41, 5.74) is 1.59. The van der Waals surface area contributed by atoms with E-state index < -0.39 is 5.82 Å². The highest BCUT2D eigenvalue weighted by Crippen LogP contribution is 2.22. The molecule has 0 unspecified atom stereocenters. The fourth-order valence-corrected chi connectivity index (χ4v) is 3.99. The van der Waals surface area contributed by atoms with Crippen molar-refractivity contribution < 1.29 is 23.2 Å². The molecule has 1 aliphatic rings. The highest BCUT2D eigenvalue weighted by atomic mass is 19.1. The molecule has 1 saturated heterocycles. The lowest BCUT2D eigenvalue weighted by Gasteiger charge is -2.35. The van der Waals surface area contributed by atoms with E-state index in [1.54, 1.807) is 48.5 Å². The quantitative estimate of drug-likeness (QED) is 0.483. The van der Waals surface area contributed by atoms with E-state index >= 15 is 0 Å². The van der Waals surface area contributed by atoms with E-state index in [9.17, 15) is 18.8 Å². The average Bonchev–Trinajstić information content (AvgIpc) is 3.37. The van der Waals surface area contributed by atoms with Crippen molar-refractivity contribution in [1.29, 1.82) is 0 Å². The second-order valence-electron chi connectivity index (χ2n) is 8.34. The molecule has 8 nitrogen and oxygen atoms in total. The molecule has 2 N–H and O–H groups in total. The summed E-state index contributed by atoms with van der Waals surface area (Å²) in [5.74, 6) is -0.521. The van der Waals surface area contributed by atoms with Crippen molar-refractivity contribution in [3.8, 4) is 0 Å². The Hall–Kier alpha value is -3.98. The minimum Gasteiger partial charge on any atom is -0.467 e. The molecule has 1 aromatic heterocycles. The molecule has 2 heterocycles. The van der Waals surface area contributed by atoms with Gasteiger partial charge in [-0.05, 0) is 49.4 Å². The van der Waals surface area contributed by atoms with Gasteiger partial charge in [0.05, 0.1) is 36.3 Å². The van der Waals surface area contributed by atoms with Crippen LogP contribution in [-0.2, 0) is 11.3 Å². The van der Waals surface area contributed by atoms with Gasteiger partial charge in [0.1, 0.15) is 11.6 Å². The Balaban J connectivity index is 1.30. The third-order valence-corrected chi connectivity index (χ3v) is 5.88. The Morgan fingerprint density at radius 1 is 1.00 bits per heavy atom. The van der Waals surface area contributed by atoms with Crippen LogP contribution in [0, 0.1) is 5.82 Å². The number of carbonyl (C=O) groups excluding carboxylic acids is 3. The highest BCUT2D eigenvalue weighted by molar-refractivity contribution is 6.04. The molecule has 2 aromatic carbocycles. The fraction of sp³-hybridized carbons (Fsp3) is 0.269. The summed E-state index contributed by atoms with van der Waals surface area (Å²) in [5, 5.41) is 5.61. The number of amides is 2. The first kappa shape index (κ1) is 24.2. The lowest BCUT2D eigenvalue weighted by atomic mass is 10.1. The van der Waals surface area contributed by atoms with Crippen LogP contribution in [-0.4, -0.2) is 55.2 Å². The molecular formula is C26H27FN4O4. The number of ketones is 1. The van der Waals surface area contributed by atoms with Gasteiger partial charge in [-0.25, -0.2) is 4.39 Å². The third-order valence-electron chi connectivity index (χ3n) is 5.88. The average molecular weight is 479 g/mol. The molecular weight excluding hydrogens is 451 g/mol. The van der Waals surface area contributed by atoms with Gasteiger partial charge in [-0.1, -0.05) is 12.1 Å². The van der Waals surface area contributed by atoms with Crippen LogP contribution in [0.15, 0.2) is 65.3 Å². The summed E-state index contributed by atoms with van der Waals surface area (Å²) in [6.07, 6.45) is 1.54. The van der Waals surface area contributed by atoms with Gasteiger partial charge in [-0.3, -0.25) is 19.3 Å². The first-order chi connectivity index (χ1) is 16.9. The molecule has 2 amide bonds. The van der Waals surface area contributed by atoms with Crippen LogP contribution in [0.4, 0.5) is 15.8 Å². The fourth-order valence-electron chi connectivity index (χ4n) is 3.99. The summed E-state index contributed by atoms with van der Waals surface area (Å²) in [7, 11) is 0. The number of piperazine rings is 1. The lowest BCUT2D eigenvalue weighted by Crippen LogP contribution is -2.49. The van der Waals surface area contributed by atoms with Crippen LogP contribution in [0.25, 0.3) is 0 Å². The maximum atomic E-state index is 14.5. The molecule has 0 aliphatic carbocycles. The van der Waals surface area contributed by atoms with E-state index in [0.29, 0.717) is 54.4 Å². The normalized spacial score (nSPS) is 13.9. The van der Waals surface area contributed by atoms with E-state index in [1.165, 1.54) is 19.3 Å². The summed E-state index contributed by atoms with van der Waals surface area (Å²) in [6, 6.07) is 14.9. The Morgan fingerprint density at radius 3 is 2.46 bits per heavy atom. The van der Waals surface area contributed by atoms with Crippen LogP contribution in [0.3, 0.4) is 0 Å². The minimum absolute atomic E-state index is 0.155. The number of furan rings is 1. The van der Waals surface area contributed by atoms with Gasteiger partial charge in [0.25, 0.3) is 5.91 Å². The monoisotopic (exact) mass is 478 g/mol. The van der Waals surface area contributed by atoms with Crippen molar-refractivity contribution in [3.05, 3.63) is 83.6 Å². The second-order valence-corrected chi connectivity index (χ2v) is 8.34. The Labute approximate surface area is 202 Å². The largest absolute Gasteiger partial charge is 0.467 e. The van der Waals surface area contributed by atoms with E-state index in [0.717, 1.165) is 0 Å². The molecule has 35 heavy (non-hydrogen) atoms. The predicted molar refractivity (Wildman–Crippen MR) is 130 cm³/mol. The summed E-state index contributed by atoms with van der Waals surface area (Å²) in [4.78, 5) is 40.7. The number of rotatable bonds is 8. The SMILES string of the molecule is CC(=O)c1ccc(N2CCN(CC(=O)Nc3ccccc3C(=O)NCc3ccco3)CC2)c(F)c1. The molecule has 0 saturated carbocycles. The lowest BCUT2D eigenvalue weighted by molar-refractivity contribution is -0.117. The molecule has 0 radical (unpaired) electrons. The van der Waals surface area contributed by atoms with Gasteiger partial charge in [-0.15, -0.1) is 0 Å². The van der Waals surface area contributed by atoms with Gasteiger partial charge in [0, 0.05) is 31.7 Å². The molecule has 0 atom stereocenters. The van der Waals surface area contributed by atoms with Crippen LogP contribution >= 0.6 is 0 Å². The maximum absolute atomic E-state index is 14.5. The van der Waals surface area contributed by atoms with Gasteiger partial charge in [0.2, 0.25) is 5.91 Å². The number of nitrogens with one attached hydrogen (secondary N) is 2. The van der Waals surface area contributed by atoms with Crippen molar-refractivity contribution in [1.82, 2.24) is 10.2 Å². The minimum atomic E-state index is -0.425. The first-order valence-corrected chi connectivity index (χ1v) is 11.4. The number of nitrogens with zero attached hydrogens (tertiary/aromatic N) is 2. The zero-order chi connectivity index (χ0) is 24.8. The topological polar surface area (TPSA) is 94.9 Å². The second kappa shape index (κ2) is 11.0. The zero-order valence-electron chi connectivity index (χ0n) is 19.4. The number of hydrogen-bond donors (Lipinski definition) is 2. The number of carbonyl (C=O) groups is 3. The van der Waals surface area contributed by atoms with E-state index in [2.05, 4.69) is 10.6 Å². The van der Waals surface area contributed by atoms with Gasteiger partial charge < -0.3 is 20.0 Å². The number of para-hydroxylation sites is 1. The predicted octanol–water partition coefficient (Wildman–Crippen LogP) is 3.31. The summed E-state index contributed by atoms with van der Waals surface area (Å²) >= 11 is 0. The maximum Gasteiger partial charge on any atom is 0.253 e. The zero-order valence-corrected chi connectivity index (χ0v) is 19.4. The molecule has 4 rings (SSSR count).